The lowest BCUT2D eigenvalue weighted by Crippen LogP contribution is -2.23. The van der Waals surface area contributed by atoms with E-state index in [0.717, 1.165) is 5.56 Å². The number of hydrogen-bond donors (Lipinski definition) is 2. The molecule has 2 N–H and O–H groups in total. The quantitative estimate of drug-likeness (QED) is 0.779. The Hall–Kier alpha value is -3.21. The minimum absolute atomic E-state index is 0.0588. The summed E-state index contributed by atoms with van der Waals surface area (Å²) in [6, 6.07) is 16.1. The van der Waals surface area contributed by atoms with Gasteiger partial charge in [0.25, 0.3) is 11.5 Å². The number of amides is 1. The van der Waals surface area contributed by atoms with Crippen molar-refractivity contribution in [2.45, 2.75) is 0 Å². The number of pyridine rings is 2. The monoisotopic (exact) mass is 291 g/mol. The number of H-pyrrole nitrogens is 1. The van der Waals surface area contributed by atoms with Gasteiger partial charge in [0.1, 0.15) is 5.56 Å². The van der Waals surface area contributed by atoms with Crippen molar-refractivity contribution >= 4 is 11.6 Å². The summed E-state index contributed by atoms with van der Waals surface area (Å²) in [5, 5.41) is 2.64. The molecule has 1 aromatic carbocycles. The SMILES string of the molecule is O=C(Nc1cccnc1)c1ccc(-c2ccccc2)[nH]c1=O. The molecule has 108 valence electrons. The predicted molar refractivity (Wildman–Crippen MR) is 84.7 cm³/mol. The van der Waals surface area contributed by atoms with Crippen LogP contribution in [0.2, 0.25) is 0 Å². The Labute approximate surface area is 126 Å². The van der Waals surface area contributed by atoms with Gasteiger partial charge in [-0.1, -0.05) is 30.3 Å². The van der Waals surface area contributed by atoms with Gasteiger partial charge in [0.15, 0.2) is 0 Å². The average molecular weight is 291 g/mol. The normalized spacial score (nSPS) is 10.2. The molecule has 0 saturated heterocycles. The highest BCUT2D eigenvalue weighted by Gasteiger charge is 2.11. The first kappa shape index (κ1) is 13.8. The van der Waals surface area contributed by atoms with Crippen LogP contribution in [0.5, 0.6) is 0 Å². The fraction of sp³-hybridized carbons (Fsp3) is 0. The summed E-state index contributed by atoms with van der Waals surface area (Å²) in [5.41, 5.74) is 1.73. The summed E-state index contributed by atoms with van der Waals surface area (Å²) in [6.45, 7) is 0. The molecule has 0 aliphatic rings. The highest BCUT2D eigenvalue weighted by atomic mass is 16.2. The minimum atomic E-state index is -0.464. The van der Waals surface area contributed by atoms with Crippen LogP contribution in [0, 0.1) is 0 Å². The zero-order chi connectivity index (χ0) is 15.4. The third kappa shape index (κ3) is 2.93. The Morgan fingerprint density at radius 2 is 1.82 bits per heavy atom. The van der Waals surface area contributed by atoms with Crippen LogP contribution in [0.25, 0.3) is 11.3 Å². The Bertz CT molecular complexity index is 843. The molecule has 22 heavy (non-hydrogen) atoms. The molecule has 3 rings (SSSR count). The molecule has 0 saturated carbocycles. The van der Waals surface area contributed by atoms with Crippen LogP contribution in [0.4, 0.5) is 5.69 Å². The molecular weight excluding hydrogens is 278 g/mol. The van der Waals surface area contributed by atoms with E-state index in [0.29, 0.717) is 11.4 Å². The molecule has 5 heteroatoms. The summed E-state index contributed by atoms with van der Waals surface area (Å²) in [4.78, 5) is 30.9. The van der Waals surface area contributed by atoms with Crippen LogP contribution in [-0.4, -0.2) is 15.9 Å². The van der Waals surface area contributed by atoms with Crippen molar-refractivity contribution in [3.63, 3.8) is 0 Å². The van der Waals surface area contributed by atoms with E-state index in [1.807, 2.05) is 30.3 Å². The van der Waals surface area contributed by atoms with E-state index in [1.165, 1.54) is 12.3 Å². The largest absolute Gasteiger partial charge is 0.321 e. The fourth-order valence-electron chi connectivity index (χ4n) is 2.07. The van der Waals surface area contributed by atoms with Crippen LogP contribution in [0.3, 0.4) is 0 Å². The lowest BCUT2D eigenvalue weighted by molar-refractivity contribution is 0.102. The van der Waals surface area contributed by atoms with E-state index >= 15 is 0 Å². The third-order valence-electron chi connectivity index (χ3n) is 3.16. The van der Waals surface area contributed by atoms with Crippen molar-refractivity contribution in [1.29, 1.82) is 0 Å². The Morgan fingerprint density at radius 3 is 2.50 bits per heavy atom. The van der Waals surface area contributed by atoms with Gasteiger partial charge in [-0.05, 0) is 29.8 Å². The molecule has 0 radical (unpaired) electrons. The minimum Gasteiger partial charge on any atom is -0.321 e. The number of carbonyl (C=O) groups excluding carboxylic acids is 1. The lowest BCUT2D eigenvalue weighted by atomic mass is 10.1. The predicted octanol–water partition coefficient (Wildman–Crippen LogP) is 2.69. The first-order valence-electron chi connectivity index (χ1n) is 6.74. The standard InChI is InChI=1S/C17H13N3O2/c21-16(19-13-7-4-10-18-11-13)14-8-9-15(20-17(14)22)12-5-2-1-3-6-12/h1-11H,(H,19,21)(H,20,22). The first-order chi connectivity index (χ1) is 10.7. The molecule has 0 bridgehead atoms. The molecule has 0 aliphatic carbocycles. The van der Waals surface area contributed by atoms with Gasteiger partial charge < -0.3 is 10.3 Å². The van der Waals surface area contributed by atoms with Gasteiger partial charge >= 0.3 is 0 Å². The number of hydrogen-bond acceptors (Lipinski definition) is 3. The number of nitrogens with zero attached hydrogens (tertiary/aromatic N) is 1. The number of carbonyl (C=O) groups is 1. The van der Waals surface area contributed by atoms with Crippen LogP contribution < -0.4 is 10.9 Å². The topological polar surface area (TPSA) is 74.8 Å². The fourth-order valence-corrected chi connectivity index (χ4v) is 2.07. The van der Waals surface area contributed by atoms with Crippen molar-refractivity contribution in [1.82, 2.24) is 9.97 Å². The van der Waals surface area contributed by atoms with Crippen molar-refractivity contribution in [2.75, 3.05) is 5.32 Å². The number of aromatic nitrogens is 2. The van der Waals surface area contributed by atoms with Gasteiger partial charge in [-0.15, -0.1) is 0 Å². The maximum Gasteiger partial charge on any atom is 0.261 e. The lowest BCUT2D eigenvalue weighted by Gasteiger charge is -2.05. The van der Waals surface area contributed by atoms with E-state index in [9.17, 15) is 9.59 Å². The molecule has 2 aromatic heterocycles. The Balaban J connectivity index is 1.87. The molecule has 0 fully saturated rings. The zero-order valence-corrected chi connectivity index (χ0v) is 11.6. The number of rotatable bonds is 3. The number of nitrogens with one attached hydrogen (secondary N) is 2. The highest BCUT2D eigenvalue weighted by molar-refractivity contribution is 6.04. The molecule has 2 heterocycles. The van der Waals surface area contributed by atoms with Gasteiger partial charge in [0, 0.05) is 11.9 Å². The molecule has 0 spiro atoms. The Kier molecular flexibility index (Phi) is 3.78. The zero-order valence-electron chi connectivity index (χ0n) is 11.6. The van der Waals surface area contributed by atoms with E-state index < -0.39 is 11.5 Å². The number of aromatic amines is 1. The van der Waals surface area contributed by atoms with E-state index in [-0.39, 0.29) is 5.56 Å². The molecule has 0 unspecified atom stereocenters. The number of anilines is 1. The summed E-state index contributed by atoms with van der Waals surface area (Å²) in [6.07, 6.45) is 3.13. The van der Waals surface area contributed by atoms with Crippen molar-refractivity contribution in [2.24, 2.45) is 0 Å². The summed E-state index contributed by atoms with van der Waals surface area (Å²) >= 11 is 0. The van der Waals surface area contributed by atoms with E-state index in [1.54, 1.807) is 24.4 Å². The maximum atomic E-state index is 12.1. The highest BCUT2D eigenvalue weighted by Crippen LogP contribution is 2.15. The third-order valence-corrected chi connectivity index (χ3v) is 3.16. The van der Waals surface area contributed by atoms with Crippen molar-refractivity contribution in [3.05, 3.63) is 82.9 Å². The summed E-state index contributed by atoms with van der Waals surface area (Å²) in [7, 11) is 0. The average Bonchev–Trinajstić information content (AvgIpc) is 2.56. The van der Waals surface area contributed by atoms with E-state index in [2.05, 4.69) is 15.3 Å². The first-order valence-corrected chi connectivity index (χ1v) is 6.74. The molecular formula is C17H13N3O2. The van der Waals surface area contributed by atoms with Gasteiger partial charge in [-0.25, -0.2) is 0 Å². The van der Waals surface area contributed by atoms with Crippen LogP contribution in [-0.2, 0) is 0 Å². The summed E-state index contributed by atoms with van der Waals surface area (Å²) in [5.74, 6) is -0.464. The van der Waals surface area contributed by atoms with Crippen LogP contribution in [0.1, 0.15) is 10.4 Å². The van der Waals surface area contributed by atoms with Gasteiger partial charge in [0.2, 0.25) is 0 Å². The van der Waals surface area contributed by atoms with E-state index in [4.69, 9.17) is 0 Å². The second-order valence-electron chi connectivity index (χ2n) is 4.68. The van der Waals surface area contributed by atoms with Crippen LogP contribution in [0.15, 0.2) is 71.8 Å². The molecule has 3 aromatic rings. The molecule has 0 atom stereocenters. The van der Waals surface area contributed by atoms with Gasteiger partial charge in [-0.3, -0.25) is 14.6 Å². The maximum absolute atomic E-state index is 12.1. The summed E-state index contributed by atoms with van der Waals surface area (Å²) < 4.78 is 0. The molecule has 5 nitrogen and oxygen atoms in total. The second-order valence-corrected chi connectivity index (χ2v) is 4.68. The second kappa shape index (κ2) is 6.05. The Morgan fingerprint density at radius 1 is 1.00 bits per heavy atom. The van der Waals surface area contributed by atoms with Gasteiger partial charge in [-0.2, -0.15) is 0 Å². The van der Waals surface area contributed by atoms with Gasteiger partial charge in [0.05, 0.1) is 11.9 Å². The van der Waals surface area contributed by atoms with Crippen molar-refractivity contribution < 1.29 is 4.79 Å². The smallest absolute Gasteiger partial charge is 0.261 e. The van der Waals surface area contributed by atoms with Crippen LogP contribution >= 0.6 is 0 Å². The number of benzene rings is 1. The molecule has 0 aliphatic heterocycles. The van der Waals surface area contributed by atoms with Crippen molar-refractivity contribution in [3.8, 4) is 11.3 Å². The molecule has 1 amide bonds.